The summed E-state index contributed by atoms with van der Waals surface area (Å²) >= 11 is 0. The predicted molar refractivity (Wildman–Crippen MR) is 52.1 cm³/mol. The Morgan fingerprint density at radius 3 is 2.36 bits per heavy atom. The highest BCUT2D eigenvalue weighted by Crippen LogP contribution is 2.68. The summed E-state index contributed by atoms with van der Waals surface area (Å²) < 4.78 is 0. The molecule has 2 fully saturated rings. The summed E-state index contributed by atoms with van der Waals surface area (Å²) in [5, 5.41) is 21.1. The van der Waals surface area contributed by atoms with E-state index in [2.05, 4.69) is 5.32 Å². The van der Waals surface area contributed by atoms with E-state index in [0.29, 0.717) is 6.42 Å². The van der Waals surface area contributed by atoms with E-state index >= 15 is 0 Å². The Kier molecular flexibility index (Phi) is 2.75. The number of carboxylic acid groups (broad SMARTS) is 1. The smallest absolute Gasteiger partial charge is 0.324 e. The van der Waals surface area contributed by atoms with Crippen LogP contribution in [0.2, 0.25) is 0 Å². The zero-order valence-electron chi connectivity index (χ0n) is 7.75. The summed E-state index contributed by atoms with van der Waals surface area (Å²) in [5.74, 6) is -0.933. The summed E-state index contributed by atoms with van der Waals surface area (Å²) in [4.78, 5) is 10.9. The Labute approximate surface area is 88.7 Å². The molecule has 2 N–H and O–H groups in total. The molecular weight excluding hydrogens is 204 g/mol. The summed E-state index contributed by atoms with van der Waals surface area (Å²) in [6.45, 7) is 1.69. The summed E-state index contributed by atoms with van der Waals surface area (Å²) in [6, 6.07) is 1.99. The maximum Gasteiger partial charge on any atom is 0.324 e. The number of carboxylic acids is 1. The molecule has 1 atom stereocenters. The van der Waals surface area contributed by atoms with Crippen LogP contribution in [0.25, 0.3) is 0 Å². The van der Waals surface area contributed by atoms with E-state index < -0.39 is 11.4 Å². The van der Waals surface area contributed by atoms with Crippen LogP contribution in [0.4, 0.5) is 0 Å². The number of piperidine rings is 1. The first kappa shape index (κ1) is 11.3. The number of nitrogens with zero attached hydrogens (tertiary/aromatic N) is 1. The molecule has 1 aliphatic heterocycles. The van der Waals surface area contributed by atoms with Crippen molar-refractivity contribution >= 4 is 18.4 Å². The third-order valence-corrected chi connectivity index (χ3v) is 3.50. The first-order valence-electron chi connectivity index (χ1n) is 4.52. The van der Waals surface area contributed by atoms with Gasteiger partial charge < -0.3 is 10.4 Å². The van der Waals surface area contributed by atoms with E-state index in [1.807, 2.05) is 6.07 Å². The first-order valence-corrected chi connectivity index (χ1v) is 4.52. The van der Waals surface area contributed by atoms with Gasteiger partial charge in [-0.05, 0) is 32.4 Å². The number of nitrogens with one attached hydrogen (secondary N) is 1. The number of nitriles is 1. The van der Waals surface area contributed by atoms with Crippen LogP contribution in [0.3, 0.4) is 0 Å². The van der Waals surface area contributed by atoms with Crippen LogP contribution in [-0.4, -0.2) is 24.2 Å². The van der Waals surface area contributed by atoms with Gasteiger partial charge in [0.05, 0.1) is 6.07 Å². The second-order valence-electron chi connectivity index (χ2n) is 4.03. The molecule has 0 radical (unpaired) electrons. The van der Waals surface area contributed by atoms with Crippen LogP contribution in [0, 0.1) is 22.2 Å². The van der Waals surface area contributed by atoms with Crippen molar-refractivity contribution in [2.75, 3.05) is 13.1 Å². The molecule has 0 aromatic rings. The molecule has 0 aromatic carbocycles. The number of carbonyl (C=O) groups is 1. The molecule has 0 amide bonds. The van der Waals surface area contributed by atoms with Crippen molar-refractivity contribution in [3.8, 4) is 6.07 Å². The largest absolute Gasteiger partial charge is 0.480 e. The maximum absolute atomic E-state index is 10.9. The Hall–Kier alpha value is -0.790. The van der Waals surface area contributed by atoms with Crippen LogP contribution in [0.5, 0.6) is 0 Å². The van der Waals surface area contributed by atoms with E-state index in [-0.39, 0.29) is 17.8 Å². The highest BCUT2D eigenvalue weighted by atomic mass is 35.5. The molecule has 4 nitrogen and oxygen atoms in total. The second kappa shape index (κ2) is 3.41. The molecule has 1 aliphatic carbocycles. The third-order valence-electron chi connectivity index (χ3n) is 3.50. The Morgan fingerprint density at radius 1 is 1.43 bits per heavy atom. The normalized spacial score (nSPS) is 32.8. The van der Waals surface area contributed by atoms with Crippen molar-refractivity contribution in [3.05, 3.63) is 0 Å². The molecule has 0 bridgehead atoms. The summed E-state index contributed by atoms with van der Waals surface area (Å²) in [7, 11) is 0. The maximum atomic E-state index is 10.9. The van der Waals surface area contributed by atoms with Crippen molar-refractivity contribution < 1.29 is 9.90 Å². The van der Waals surface area contributed by atoms with Gasteiger partial charge in [-0.3, -0.25) is 4.79 Å². The lowest BCUT2D eigenvalue weighted by atomic mass is 9.85. The zero-order valence-corrected chi connectivity index (χ0v) is 8.56. The molecule has 1 heterocycles. The molecular formula is C9H13ClN2O2. The molecule has 0 aromatic heterocycles. The number of halogens is 1. The van der Waals surface area contributed by atoms with E-state index in [1.54, 1.807) is 0 Å². The third kappa shape index (κ3) is 1.20. The van der Waals surface area contributed by atoms with Crippen molar-refractivity contribution in [3.63, 3.8) is 0 Å². The molecule has 5 heteroatoms. The van der Waals surface area contributed by atoms with Gasteiger partial charge in [0.15, 0.2) is 5.41 Å². The minimum Gasteiger partial charge on any atom is -0.480 e. The van der Waals surface area contributed by atoms with Crippen LogP contribution in [-0.2, 0) is 4.79 Å². The van der Waals surface area contributed by atoms with Gasteiger partial charge in [-0.1, -0.05) is 0 Å². The summed E-state index contributed by atoms with van der Waals surface area (Å²) in [5.41, 5.74) is -1.27. The highest BCUT2D eigenvalue weighted by molar-refractivity contribution is 5.85. The van der Waals surface area contributed by atoms with E-state index in [9.17, 15) is 4.79 Å². The van der Waals surface area contributed by atoms with E-state index in [4.69, 9.17) is 10.4 Å². The van der Waals surface area contributed by atoms with Gasteiger partial charge in [-0.2, -0.15) is 5.26 Å². The van der Waals surface area contributed by atoms with Gasteiger partial charge in [-0.25, -0.2) is 0 Å². The number of hydrogen-bond acceptors (Lipinski definition) is 3. The molecule has 78 valence electrons. The van der Waals surface area contributed by atoms with Gasteiger partial charge >= 0.3 is 5.97 Å². The van der Waals surface area contributed by atoms with Crippen LogP contribution in [0.1, 0.15) is 19.3 Å². The lowest BCUT2D eigenvalue weighted by molar-refractivity contribution is -0.142. The Balaban J connectivity index is 0.000000980. The fraction of sp³-hybridized carbons (Fsp3) is 0.778. The molecule has 2 rings (SSSR count). The molecule has 1 saturated heterocycles. The monoisotopic (exact) mass is 216 g/mol. The van der Waals surface area contributed by atoms with Gasteiger partial charge in [0, 0.05) is 5.41 Å². The standard InChI is InChI=1S/C9H12N2O2.ClH/c10-6-9(7(12)13)5-8(9)1-3-11-4-2-8;/h11H,1-5H2,(H,12,13);1H. The SMILES string of the molecule is Cl.N#CC1(C(=O)O)CC12CCNCC2. The Bertz CT molecular complexity index is 294. The van der Waals surface area contributed by atoms with Gasteiger partial charge in [0.1, 0.15) is 0 Å². The van der Waals surface area contributed by atoms with Crippen LogP contribution in [0.15, 0.2) is 0 Å². The summed E-state index contributed by atoms with van der Waals surface area (Å²) in [6.07, 6.45) is 2.20. The van der Waals surface area contributed by atoms with E-state index in [0.717, 1.165) is 25.9 Å². The molecule has 1 saturated carbocycles. The van der Waals surface area contributed by atoms with Gasteiger partial charge in [0.2, 0.25) is 0 Å². The molecule has 14 heavy (non-hydrogen) atoms. The second-order valence-corrected chi connectivity index (χ2v) is 4.03. The molecule has 1 spiro atoms. The van der Waals surface area contributed by atoms with Crippen LogP contribution >= 0.6 is 12.4 Å². The minimum atomic E-state index is -1.06. The van der Waals surface area contributed by atoms with Crippen molar-refractivity contribution in [1.82, 2.24) is 5.32 Å². The number of hydrogen-bond donors (Lipinski definition) is 2. The minimum absolute atomic E-state index is 0. The lowest BCUT2D eigenvalue weighted by Gasteiger charge is -2.24. The lowest BCUT2D eigenvalue weighted by Crippen LogP contribution is -2.34. The highest BCUT2D eigenvalue weighted by Gasteiger charge is 2.72. The van der Waals surface area contributed by atoms with Gasteiger partial charge in [0.25, 0.3) is 0 Å². The van der Waals surface area contributed by atoms with Crippen molar-refractivity contribution in [2.24, 2.45) is 10.8 Å². The number of rotatable bonds is 1. The molecule has 1 unspecified atom stereocenters. The molecule has 2 aliphatic rings. The fourth-order valence-electron chi connectivity index (χ4n) is 2.48. The average molecular weight is 217 g/mol. The predicted octanol–water partition coefficient (Wildman–Crippen LogP) is 0.776. The Morgan fingerprint density at radius 2 is 2.00 bits per heavy atom. The average Bonchev–Trinajstić information content (AvgIpc) is 2.76. The van der Waals surface area contributed by atoms with Crippen molar-refractivity contribution in [2.45, 2.75) is 19.3 Å². The number of aliphatic carboxylic acids is 1. The van der Waals surface area contributed by atoms with Gasteiger partial charge in [-0.15, -0.1) is 12.4 Å². The van der Waals surface area contributed by atoms with Crippen LogP contribution < -0.4 is 5.32 Å². The topological polar surface area (TPSA) is 73.1 Å². The van der Waals surface area contributed by atoms with E-state index in [1.165, 1.54) is 0 Å². The fourth-order valence-corrected chi connectivity index (χ4v) is 2.48. The zero-order chi connectivity index (χ0) is 9.53. The quantitative estimate of drug-likeness (QED) is 0.679. The first-order chi connectivity index (χ1) is 6.17. The van der Waals surface area contributed by atoms with Crippen molar-refractivity contribution in [1.29, 1.82) is 5.26 Å².